The van der Waals surface area contributed by atoms with Crippen molar-refractivity contribution in [3.8, 4) is 0 Å². The van der Waals surface area contributed by atoms with E-state index < -0.39 is 11.8 Å². The summed E-state index contributed by atoms with van der Waals surface area (Å²) >= 11 is 0. The number of carbonyl (C=O) groups is 2. The van der Waals surface area contributed by atoms with Gasteiger partial charge in [-0.1, -0.05) is 54.1 Å². The summed E-state index contributed by atoms with van der Waals surface area (Å²) < 4.78 is 0. The topological polar surface area (TPSA) is 70.6 Å². The fraction of sp³-hybridized carbons (Fsp3) is 0.0556. The number of aryl methyl sites for hydroxylation is 1. The molecular weight excluding hydrogens is 290 g/mol. The molecule has 0 aromatic heterocycles. The number of amides is 2. The van der Waals surface area contributed by atoms with Gasteiger partial charge in [-0.15, -0.1) is 0 Å². The van der Waals surface area contributed by atoms with Gasteiger partial charge in [0, 0.05) is 11.9 Å². The molecule has 0 heterocycles. The maximum Gasteiger partial charge on any atom is 0.329 e. The van der Waals surface area contributed by atoms with Crippen molar-refractivity contribution < 1.29 is 9.59 Å². The zero-order chi connectivity index (χ0) is 16.5. The van der Waals surface area contributed by atoms with Gasteiger partial charge in [0.1, 0.15) is 0 Å². The van der Waals surface area contributed by atoms with Gasteiger partial charge in [-0.2, -0.15) is 5.10 Å². The fourth-order valence-electron chi connectivity index (χ4n) is 1.73. The third-order valence-electron chi connectivity index (χ3n) is 2.93. The maximum atomic E-state index is 11.7. The third kappa shape index (κ3) is 5.59. The minimum absolute atomic E-state index is 0.559. The molecule has 0 saturated heterocycles. The Bertz CT molecular complexity index is 720. The molecule has 23 heavy (non-hydrogen) atoms. The molecule has 0 bridgehead atoms. The van der Waals surface area contributed by atoms with Crippen molar-refractivity contribution in [2.45, 2.75) is 6.92 Å². The summed E-state index contributed by atoms with van der Waals surface area (Å²) in [4.78, 5) is 23.3. The molecule has 5 heteroatoms. The van der Waals surface area contributed by atoms with Crippen LogP contribution in [0, 0.1) is 6.92 Å². The molecule has 0 radical (unpaired) electrons. The van der Waals surface area contributed by atoms with Gasteiger partial charge >= 0.3 is 11.8 Å². The molecule has 0 spiro atoms. The first-order chi connectivity index (χ1) is 11.1. The quantitative estimate of drug-likeness (QED) is 0.518. The zero-order valence-corrected chi connectivity index (χ0v) is 12.7. The van der Waals surface area contributed by atoms with Crippen LogP contribution in [0.2, 0.25) is 0 Å². The molecule has 0 unspecified atom stereocenters. The van der Waals surface area contributed by atoms with E-state index in [2.05, 4.69) is 15.8 Å². The Labute approximate surface area is 134 Å². The lowest BCUT2D eigenvalue weighted by Crippen LogP contribution is -2.32. The first-order valence-electron chi connectivity index (χ1n) is 7.08. The average molecular weight is 307 g/mol. The smallest absolute Gasteiger partial charge is 0.318 e. The van der Waals surface area contributed by atoms with Gasteiger partial charge in [0.25, 0.3) is 0 Å². The fourth-order valence-corrected chi connectivity index (χ4v) is 1.73. The summed E-state index contributed by atoms with van der Waals surface area (Å²) in [6.07, 6.45) is 4.92. The standard InChI is InChI=1S/C18H17N3O2/c1-14-9-11-16(12-10-14)20-17(22)18(23)21-19-13-5-8-15-6-3-2-4-7-15/h2-13H,1H3,(H,20,22)(H,21,23)/b8-5+,19-13-. The van der Waals surface area contributed by atoms with E-state index in [1.807, 2.05) is 55.5 Å². The van der Waals surface area contributed by atoms with E-state index in [-0.39, 0.29) is 0 Å². The Morgan fingerprint density at radius 2 is 1.65 bits per heavy atom. The van der Waals surface area contributed by atoms with Crippen molar-refractivity contribution in [1.29, 1.82) is 0 Å². The molecule has 0 fully saturated rings. The molecule has 2 N–H and O–H groups in total. The van der Waals surface area contributed by atoms with Crippen molar-refractivity contribution in [3.63, 3.8) is 0 Å². The van der Waals surface area contributed by atoms with Crippen LogP contribution < -0.4 is 10.7 Å². The lowest BCUT2D eigenvalue weighted by Gasteiger charge is -2.03. The predicted molar refractivity (Wildman–Crippen MR) is 91.9 cm³/mol. The van der Waals surface area contributed by atoms with Gasteiger partial charge in [0.05, 0.1) is 0 Å². The van der Waals surface area contributed by atoms with Gasteiger partial charge in [0.15, 0.2) is 0 Å². The highest BCUT2D eigenvalue weighted by atomic mass is 16.2. The van der Waals surface area contributed by atoms with Gasteiger partial charge < -0.3 is 5.32 Å². The van der Waals surface area contributed by atoms with E-state index in [9.17, 15) is 9.59 Å². The summed E-state index contributed by atoms with van der Waals surface area (Å²) in [7, 11) is 0. The molecule has 0 aliphatic carbocycles. The van der Waals surface area contributed by atoms with Gasteiger partial charge in [0.2, 0.25) is 0 Å². The van der Waals surface area contributed by atoms with Crippen molar-refractivity contribution >= 4 is 29.8 Å². The predicted octanol–water partition coefficient (Wildman–Crippen LogP) is 2.75. The van der Waals surface area contributed by atoms with E-state index >= 15 is 0 Å². The number of hydrazone groups is 1. The minimum Gasteiger partial charge on any atom is -0.318 e. The summed E-state index contributed by atoms with van der Waals surface area (Å²) in [5.74, 6) is -1.59. The SMILES string of the molecule is Cc1ccc(NC(=O)C(=O)N/N=C\C=C\c2ccccc2)cc1. The van der Waals surface area contributed by atoms with Crippen molar-refractivity contribution in [2.24, 2.45) is 5.10 Å². The van der Waals surface area contributed by atoms with Crippen LogP contribution in [0.4, 0.5) is 5.69 Å². The second kappa shape index (κ2) is 8.29. The highest BCUT2D eigenvalue weighted by molar-refractivity contribution is 6.39. The van der Waals surface area contributed by atoms with E-state index in [0.717, 1.165) is 11.1 Å². The van der Waals surface area contributed by atoms with Crippen molar-refractivity contribution in [3.05, 3.63) is 71.8 Å². The van der Waals surface area contributed by atoms with Crippen LogP contribution in [0.15, 0.2) is 65.8 Å². The molecule has 2 rings (SSSR count). The highest BCUT2D eigenvalue weighted by Crippen LogP contribution is 2.08. The molecule has 2 amide bonds. The number of allylic oxidation sites excluding steroid dienone is 1. The normalized spacial score (nSPS) is 10.8. The Morgan fingerprint density at radius 1 is 0.957 bits per heavy atom. The summed E-state index contributed by atoms with van der Waals surface area (Å²) in [5, 5.41) is 6.18. The first kappa shape index (κ1) is 16.2. The second-order valence-corrected chi connectivity index (χ2v) is 4.81. The van der Waals surface area contributed by atoms with E-state index in [0.29, 0.717) is 5.69 Å². The average Bonchev–Trinajstić information content (AvgIpc) is 2.57. The van der Waals surface area contributed by atoms with Crippen LogP contribution in [0.3, 0.4) is 0 Å². The molecule has 2 aromatic rings. The summed E-state index contributed by atoms with van der Waals surface area (Å²) in [6, 6.07) is 16.8. The molecule has 0 atom stereocenters. The summed E-state index contributed by atoms with van der Waals surface area (Å²) in [6.45, 7) is 1.94. The number of benzene rings is 2. The lowest BCUT2D eigenvalue weighted by molar-refractivity contribution is -0.136. The Kier molecular flexibility index (Phi) is 5.82. The third-order valence-corrected chi connectivity index (χ3v) is 2.93. The van der Waals surface area contributed by atoms with Crippen LogP contribution >= 0.6 is 0 Å². The molecule has 5 nitrogen and oxygen atoms in total. The Balaban J connectivity index is 1.79. The molecule has 0 saturated carbocycles. The lowest BCUT2D eigenvalue weighted by atomic mass is 10.2. The largest absolute Gasteiger partial charge is 0.329 e. The number of nitrogens with zero attached hydrogens (tertiary/aromatic N) is 1. The van der Waals surface area contributed by atoms with Crippen molar-refractivity contribution in [1.82, 2.24) is 5.43 Å². The van der Waals surface area contributed by atoms with Crippen molar-refractivity contribution in [2.75, 3.05) is 5.32 Å². The van der Waals surface area contributed by atoms with Crippen LogP contribution in [0.1, 0.15) is 11.1 Å². The van der Waals surface area contributed by atoms with Crippen LogP contribution in [0.25, 0.3) is 6.08 Å². The Hall–Kier alpha value is -3.21. The molecular formula is C18H17N3O2. The van der Waals surface area contributed by atoms with Crippen LogP contribution in [-0.2, 0) is 9.59 Å². The number of carbonyl (C=O) groups excluding carboxylic acids is 2. The zero-order valence-electron chi connectivity index (χ0n) is 12.7. The number of anilines is 1. The summed E-state index contributed by atoms with van der Waals surface area (Å²) in [5.41, 5.74) is 4.81. The van der Waals surface area contributed by atoms with Gasteiger partial charge in [-0.3, -0.25) is 9.59 Å². The molecule has 2 aromatic carbocycles. The highest BCUT2D eigenvalue weighted by Gasteiger charge is 2.12. The maximum absolute atomic E-state index is 11.7. The number of nitrogens with one attached hydrogen (secondary N) is 2. The number of hydrogen-bond donors (Lipinski definition) is 2. The van der Waals surface area contributed by atoms with Crippen LogP contribution in [0.5, 0.6) is 0 Å². The van der Waals surface area contributed by atoms with E-state index in [4.69, 9.17) is 0 Å². The van der Waals surface area contributed by atoms with E-state index in [1.165, 1.54) is 6.21 Å². The van der Waals surface area contributed by atoms with E-state index in [1.54, 1.807) is 18.2 Å². The number of hydrogen-bond acceptors (Lipinski definition) is 3. The first-order valence-corrected chi connectivity index (χ1v) is 7.08. The second-order valence-electron chi connectivity index (χ2n) is 4.81. The van der Waals surface area contributed by atoms with Gasteiger partial charge in [-0.05, 0) is 30.7 Å². The molecule has 116 valence electrons. The Morgan fingerprint density at radius 3 is 2.35 bits per heavy atom. The molecule has 0 aliphatic rings. The number of rotatable bonds is 4. The monoisotopic (exact) mass is 307 g/mol. The minimum atomic E-state index is -0.824. The molecule has 0 aliphatic heterocycles. The van der Waals surface area contributed by atoms with Crippen LogP contribution in [-0.4, -0.2) is 18.0 Å². The van der Waals surface area contributed by atoms with Gasteiger partial charge in [-0.25, -0.2) is 5.43 Å².